The number of fused-ring (bicyclic) bond motifs is 2. The summed E-state index contributed by atoms with van der Waals surface area (Å²) >= 11 is 0. The molecule has 0 bridgehead atoms. The normalized spacial score (nSPS) is 17.2. The van der Waals surface area contributed by atoms with Gasteiger partial charge in [0, 0.05) is 30.7 Å². The van der Waals surface area contributed by atoms with Gasteiger partial charge in [0.15, 0.2) is 5.76 Å². The highest BCUT2D eigenvalue weighted by atomic mass is 19.3. The molecule has 0 aliphatic carbocycles. The number of piperidine rings is 1. The molecule has 166 valence electrons. The first-order valence-electron chi connectivity index (χ1n) is 10.4. The van der Waals surface area contributed by atoms with Crippen molar-refractivity contribution in [2.24, 2.45) is 5.16 Å². The van der Waals surface area contributed by atoms with Crippen molar-refractivity contribution in [1.29, 1.82) is 0 Å². The molecule has 0 atom stereocenters. The minimum Gasteiger partial charge on any atom is -0.492 e. The van der Waals surface area contributed by atoms with Crippen molar-refractivity contribution in [3.63, 3.8) is 0 Å². The van der Waals surface area contributed by atoms with Crippen LogP contribution in [0.3, 0.4) is 0 Å². The van der Waals surface area contributed by atoms with Gasteiger partial charge in [-0.05, 0) is 49.4 Å². The number of hydrogen-bond acceptors (Lipinski definition) is 6. The SMILES string of the molecule is O/N=c1\cc(-c2cc3cccn3cn2)oc2ccc(OCCN3CCCC(F)(F)C3)cc12. The smallest absolute Gasteiger partial charge is 0.260 e. The Balaban J connectivity index is 1.36. The first kappa shape index (κ1) is 20.4. The Hall–Kier alpha value is -3.46. The lowest BCUT2D eigenvalue weighted by Crippen LogP contribution is -2.44. The molecule has 7 nitrogen and oxygen atoms in total. The highest BCUT2D eigenvalue weighted by Crippen LogP contribution is 2.27. The van der Waals surface area contributed by atoms with Gasteiger partial charge in [0.05, 0.1) is 18.3 Å². The number of alkyl halides is 2. The topological polar surface area (TPSA) is 75.5 Å². The number of ether oxygens (including phenoxy) is 1. The van der Waals surface area contributed by atoms with E-state index < -0.39 is 5.92 Å². The minimum absolute atomic E-state index is 0.0527. The summed E-state index contributed by atoms with van der Waals surface area (Å²) in [6.45, 7) is 1.12. The lowest BCUT2D eigenvalue weighted by atomic mass is 10.1. The minimum atomic E-state index is -2.63. The molecule has 9 heteroatoms. The number of hydrogen-bond donors (Lipinski definition) is 1. The molecule has 1 N–H and O–H groups in total. The van der Waals surface area contributed by atoms with E-state index in [-0.39, 0.29) is 19.6 Å². The maximum atomic E-state index is 13.5. The molecule has 0 unspecified atom stereocenters. The van der Waals surface area contributed by atoms with Crippen LogP contribution in [0.15, 0.2) is 64.6 Å². The van der Waals surface area contributed by atoms with E-state index in [1.807, 2.05) is 28.8 Å². The highest BCUT2D eigenvalue weighted by Gasteiger charge is 2.34. The quantitative estimate of drug-likeness (QED) is 0.373. The molecule has 1 aromatic carbocycles. The van der Waals surface area contributed by atoms with Gasteiger partial charge < -0.3 is 18.8 Å². The van der Waals surface area contributed by atoms with Crippen molar-refractivity contribution in [1.82, 2.24) is 14.3 Å². The predicted molar refractivity (Wildman–Crippen MR) is 114 cm³/mol. The number of nitrogens with zero attached hydrogens (tertiary/aromatic N) is 4. The maximum Gasteiger partial charge on any atom is 0.260 e. The van der Waals surface area contributed by atoms with E-state index in [1.165, 1.54) is 0 Å². The molecule has 0 saturated carbocycles. The Kier molecular flexibility index (Phi) is 5.26. The Morgan fingerprint density at radius 2 is 2.12 bits per heavy atom. The maximum absolute atomic E-state index is 13.5. The summed E-state index contributed by atoms with van der Waals surface area (Å²) in [6.07, 6.45) is 4.02. The summed E-state index contributed by atoms with van der Waals surface area (Å²) in [4.78, 5) is 6.13. The van der Waals surface area contributed by atoms with Crippen molar-refractivity contribution in [3.8, 4) is 17.2 Å². The molecule has 3 aromatic heterocycles. The van der Waals surface area contributed by atoms with Gasteiger partial charge in [-0.2, -0.15) is 0 Å². The van der Waals surface area contributed by atoms with Crippen LogP contribution in [0.2, 0.25) is 0 Å². The van der Waals surface area contributed by atoms with Gasteiger partial charge in [-0.1, -0.05) is 5.16 Å². The summed E-state index contributed by atoms with van der Waals surface area (Å²) in [5.41, 5.74) is 2.08. The van der Waals surface area contributed by atoms with Crippen LogP contribution in [-0.2, 0) is 0 Å². The van der Waals surface area contributed by atoms with E-state index in [0.717, 1.165) is 5.52 Å². The van der Waals surface area contributed by atoms with Gasteiger partial charge in [-0.25, -0.2) is 13.8 Å². The molecule has 0 radical (unpaired) electrons. The monoisotopic (exact) mass is 440 g/mol. The zero-order valence-electron chi connectivity index (χ0n) is 17.2. The lowest BCUT2D eigenvalue weighted by Gasteiger charge is -2.32. The average Bonchev–Trinajstić information content (AvgIpc) is 3.25. The molecular formula is C23H22F2N4O3. The van der Waals surface area contributed by atoms with E-state index in [1.54, 1.807) is 35.5 Å². The second kappa shape index (κ2) is 8.23. The van der Waals surface area contributed by atoms with Crippen LogP contribution in [0.5, 0.6) is 5.75 Å². The number of rotatable bonds is 5. The number of likely N-dealkylation sites (tertiary alicyclic amines) is 1. The third-order valence-corrected chi connectivity index (χ3v) is 5.64. The molecule has 5 rings (SSSR count). The van der Waals surface area contributed by atoms with Crippen molar-refractivity contribution in [2.75, 3.05) is 26.2 Å². The zero-order chi connectivity index (χ0) is 22.1. The number of halogens is 2. The van der Waals surface area contributed by atoms with Gasteiger partial charge >= 0.3 is 0 Å². The van der Waals surface area contributed by atoms with Crippen LogP contribution in [0, 0.1) is 0 Å². The van der Waals surface area contributed by atoms with Crippen LogP contribution in [-0.4, -0.2) is 51.7 Å². The van der Waals surface area contributed by atoms with Crippen LogP contribution >= 0.6 is 0 Å². The predicted octanol–water partition coefficient (Wildman–Crippen LogP) is 4.15. The Labute approximate surface area is 182 Å². The first-order valence-corrected chi connectivity index (χ1v) is 10.4. The van der Waals surface area contributed by atoms with Gasteiger partial charge in [0.2, 0.25) is 0 Å². The summed E-state index contributed by atoms with van der Waals surface area (Å²) in [7, 11) is 0. The summed E-state index contributed by atoms with van der Waals surface area (Å²) in [5.74, 6) is -1.62. The van der Waals surface area contributed by atoms with Gasteiger partial charge in [0.1, 0.15) is 29.0 Å². The lowest BCUT2D eigenvalue weighted by molar-refractivity contribution is -0.0656. The van der Waals surface area contributed by atoms with E-state index in [0.29, 0.717) is 53.0 Å². The molecule has 1 fully saturated rings. The molecular weight excluding hydrogens is 418 g/mol. The Morgan fingerprint density at radius 1 is 1.22 bits per heavy atom. The molecule has 32 heavy (non-hydrogen) atoms. The van der Waals surface area contributed by atoms with Crippen LogP contribution in [0.1, 0.15) is 12.8 Å². The van der Waals surface area contributed by atoms with E-state index in [4.69, 9.17) is 9.15 Å². The fourth-order valence-electron chi connectivity index (χ4n) is 4.05. The molecule has 4 heterocycles. The fourth-order valence-corrected chi connectivity index (χ4v) is 4.05. The molecule has 0 spiro atoms. The van der Waals surface area contributed by atoms with Gasteiger partial charge in [-0.15, -0.1) is 0 Å². The van der Waals surface area contributed by atoms with Crippen molar-refractivity contribution in [3.05, 3.63) is 60.3 Å². The fraction of sp³-hybridized carbons (Fsp3) is 0.304. The highest BCUT2D eigenvalue weighted by molar-refractivity contribution is 5.80. The second-order valence-corrected chi connectivity index (χ2v) is 7.95. The third-order valence-electron chi connectivity index (χ3n) is 5.64. The molecule has 1 aliphatic heterocycles. The molecule has 1 saturated heterocycles. The molecule has 1 aliphatic rings. The first-order chi connectivity index (χ1) is 15.5. The van der Waals surface area contributed by atoms with E-state index in [2.05, 4.69) is 10.1 Å². The standard InChI is InChI=1S/C23H22F2N4O3/c24-23(25)6-2-7-28(14-23)9-10-31-17-4-5-21-18(12-17)19(27-30)13-22(32-21)20-11-16-3-1-8-29(16)15-26-20/h1,3-5,8,11-13,15,30H,2,6-7,9-10,14H2/b27-19+. The largest absolute Gasteiger partial charge is 0.492 e. The van der Waals surface area contributed by atoms with Crippen LogP contribution < -0.4 is 10.1 Å². The number of aromatic nitrogens is 2. The van der Waals surface area contributed by atoms with Gasteiger partial charge in [-0.3, -0.25) is 4.90 Å². The van der Waals surface area contributed by atoms with E-state index in [9.17, 15) is 14.0 Å². The average molecular weight is 440 g/mol. The van der Waals surface area contributed by atoms with E-state index >= 15 is 0 Å². The summed E-state index contributed by atoms with van der Waals surface area (Å²) in [5, 5.41) is 13.9. The summed E-state index contributed by atoms with van der Waals surface area (Å²) in [6, 6.07) is 12.6. The van der Waals surface area contributed by atoms with Crippen LogP contribution in [0.4, 0.5) is 8.78 Å². The second-order valence-electron chi connectivity index (χ2n) is 7.95. The zero-order valence-corrected chi connectivity index (χ0v) is 17.2. The molecule has 4 aromatic rings. The third kappa shape index (κ3) is 4.16. The van der Waals surface area contributed by atoms with Crippen molar-refractivity contribution < 1.29 is 23.1 Å². The van der Waals surface area contributed by atoms with Crippen molar-refractivity contribution in [2.45, 2.75) is 18.8 Å². The van der Waals surface area contributed by atoms with Crippen molar-refractivity contribution >= 4 is 16.5 Å². The molecule has 0 amide bonds. The number of benzene rings is 1. The van der Waals surface area contributed by atoms with Gasteiger partial charge in [0.25, 0.3) is 5.92 Å². The Morgan fingerprint density at radius 3 is 2.97 bits per heavy atom. The van der Waals surface area contributed by atoms with Crippen LogP contribution in [0.25, 0.3) is 27.9 Å². The summed E-state index contributed by atoms with van der Waals surface area (Å²) < 4.78 is 40.8. The Bertz CT molecular complexity index is 1330.